The maximum atomic E-state index is 9.43. The van der Waals surface area contributed by atoms with E-state index in [1.54, 1.807) is 0 Å². The van der Waals surface area contributed by atoms with E-state index in [-0.39, 0.29) is 0 Å². The Morgan fingerprint density at radius 2 is 1.23 bits per heavy atom. The van der Waals surface area contributed by atoms with Crippen LogP contribution < -0.4 is 4.74 Å². The number of para-hydroxylation sites is 1. The van der Waals surface area contributed by atoms with Gasteiger partial charge in [-0.05, 0) is 93.9 Å². The molecule has 0 fully saturated rings. The van der Waals surface area contributed by atoms with E-state index in [1.807, 2.05) is 24.3 Å². The van der Waals surface area contributed by atoms with Crippen molar-refractivity contribution in [3.05, 3.63) is 151 Å². The van der Waals surface area contributed by atoms with Crippen LogP contribution in [0.4, 0.5) is 0 Å². The van der Waals surface area contributed by atoms with Gasteiger partial charge in [0.2, 0.25) is 0 Å². The normalized spacial score (nSPS) is 11.8. The lowest BCUT2D eigenvalue weighted by Gasteiger charge is -2.22. The average Bonchev–Trinajstić information content (AvgIpc) is 3.42. The van der Waals surface area contributed by atoms with E-state index in [1.165, 1.54) is 27.1 Å². The highest BCUT2D eigenvalue weighted by molar-refractivity contribution is 6.11. The first-order chi connectivity index (χ1) is 21.7. The summed E-state index contributed by atoms with van der Waals surface area (Å²) in [6, 6.07) is 53.2. The second-order valence-electron chi connectivity index (χ2n) is 11.3. The van der Waals surface area contributed by atoms with Crippen LogP contribution in [0.5, 0.6) is 11.5 Å². The van der Waals surface area contributed by atoms with Crippen molar-refractivity contribution in [1.82, 2.24) is 4.57 Å². The fourth-order valence-corrected chi connectivity index (χ4v) is 6.77. The molecule has 3 nitrogen and oxygen atoms in total. The van der Waals surface area contributed by atoms with E-state index in [2.05, 4.69) is 132 Å². The van der Waals surface area contributed by atoms with E-state index < -0.39 is 0 Å². The van der Waals surface area contributed by atoms with Crippen molar-refractivity contribution in [2.75, 3.05) is 0 Å². The number of nitrogens with zero attached hydrogens (tertiary/aromatic N) is 2. The minimum atomic E-state index is 0.659. The maximum absolute atomic E-state index is 9.43. The second-order valence-corrected chi connectivity index (χ2v) is 11.3. The van der Waals surface area contributed by atoms with Crippen LogP contribution >= 0.6 is 0 Å². The summed E-state index contributed by atoms with van der Waals surface area (Å²) in [4.78, 5) is 0. The van der Waals surface area contributed by atoms with Crippen molar-refractivity contribution in [2.45, 2.75) is 0 Å². The van der Waals surface area contributed by atoms with Gasteiger partial charge in [-0.3, -0.25) is 0 Å². The zero-order chi connectivity index (χ0) is 29.2. The third kappa shape index (κ3) is 3.68. The van der Waals surface area contributed by atoms with Crippen molar-refractivity contribution in [3.63, 3.8) is 0 Å². The molecular formula is C41H24N2O. The smallest absolute Gasteiger partial charge is 0.135 e. The molecule has 0 bridgehead atoms. The summed E-state index contributed by atoms with van der Waals surface area (Å²) in [5.41, 5.74) is 10.8. The van der Waals surface area contributed by atoms with Crippen molar-refractivity contribution in [1.29, 1.82) is 5.26 Å². The van der Waals surface area contributed by atoms with E-state index in [4.69, 9.17) is 4.74 Å². The van der Waals surface area contributed by atoms with Crippen LogP contribution in [-0.2, 0) is 0 Å². The predicted molar refractivity (Wildman–Crippen MR) is 179 cm³/mol. The first-order valence-electron chi connectivity index (χ1n) is 14.7. The van der Waals surface area contributed by atoms with Crippen LogP contribution in [0.1, 0.15) is 5.56 Å². The highest BCUT2D eigenvalue weighted by Gasteiger charge is 2.21. The molecule has 204 valence electrons. The summed E-state index contributed by atoms with van der Waals surface area (Å²) in [5, 5.41) is 14.2. The summed E-state index contributed by atoms with van der Waals surface area (Å²) < 4.78 is 8.69. The van der Waals surface area contributed by atoms with Gasteiger partial charge in [0.15, 0.2) is 0 Å². The average molecular weight is 561 g/mol. The topological polar surface area (TPSA) is 38.0 Å². The second kappa shape index (κ2) is 9.46. The van der Waals surface area contributed by atoms with Crippen LogP contribution in [0, 0.1) is 11.3 Å². The molecule has 7 aromatic carbocycles. The Hall–Kier alpha value is -6.11. The molecule has 1 aliphatic heterocycles. The van der Waals surface area contributed by atoms with Gasteiger partial charge in [0, 0.05) is 27.4 Å². The van der Waals surface area contributed by atoms with E-state index in [0.29, 0.717) is 5.56 Å². The molecule has 2 heterocycles. The van der Waals surface area contributed by atoms with Crippen molar-refractivity contribution < 1.29 is 4.74 Å². The highest BCUT2D eigenvalue weighted by Crippen LogP contribution is 2.47. The molecule has 0 atom stereocenters. The number of hydrogen-bond acceptors (Lipinski definition) is 2. The minimum absolute atomic E-state index is 0.659. The Morgan fingerprint density at radius 3 is 2.14 bits per heavy atom. The number of fused-ring (bicyclic) bond motifs is 5. The van der Waals surface area contributed by atoms with Crippen molar-refractivity contribution >= 4 is 32.6 Å². The van der Waals surface area contributed by atoms with Gasteiger partial charge in [-0.1, -0.05) is 84.9 Å². The van der Waals surface area contributed by atoms with Gasteiger partial charge in [0.1, 0.15) is 11.5 Å². The first-order valence-corrected chi connectivity index (χ1v) is 14.7. The van der Waals surface area contributed by atoms with Crippen molar-refractivity contribution in [2.24, 2.45) is 0 Å². The predicted octanol–water partition coefficient (Wildman–Crippen LogP) is 10.9. The Labute approximate surface area is 254 Å². The Morgan fingerprint density at radius 1 is 0.500 bits per heavy atom. The number of hydrogen-bond donors (Lipinski definition) is 0. The number of benzene rings is 7. The minimum Gasteiger partial charge on any atom is -0.456 e. The number of ether oxygens (including phenoxy) is 1. The highest BCUT2D eigenvalue weighted by atomic mass is 16.5. The van der Waals surface area contributed by atoms with Crippen LogP contribution in [0.3, 0.4) is 0 Å². The molecule has 0 amide bonds. The SMILES string of the molecule is N#Cc1cccc(-c2cccc(-n3c4ccccc4c4cc(-c5ccc6c(c5)-c5cccc7cccc(c57)O6)ccc43)c2)c1. The van der Waals surface area contributed by atoms with Gasteiger partial charge in [-0.15, -0.1) is 0 Å². The van der Waals surface area contributed by atoms with E-state index in [0.717, 1.165) is 56.0 Å². The molecule has 44 heavy (non-hydrogen) atoms. The molecular weight excluding hydrogens is 536 g/mol. The molecule has 1 aliphatic rings. The number of rotatable bonds is 3. The molecule has 1 aromatic heterocycles. The van der Waals surface area contributed by atoms with E-state index >= 15 is 0 Å². The Balaban J connectivity index is 1.20. The molecule has 0 N–H and O–H groups in total. The van der Waals surface area contributed by atoms with Gasteiger partial charge >= 0.3 is 0 Å². The molecule has 0 saturated carbocycles. The lowest BCUT2D eigenvalue weighted by molar-refractivity contribution is 0.487. The van der Waals surface area contributed by atoms with Crippen LogP contribution in [-0.4, -0.2) is 4.57 Å². The lowest BCUT2D eigenvalue weighted by atomic mass is 9.92. The molecule has 0 aliphatic carbocycles. The zero-order valence-corrected chi connectivity index (χ0v) is 23.7. The van der Waals surface area contributed by atoms with Gasteiger partial charge in [-0.2, -0.15) is 5.26 Å². The number of aromatic nitrogens is 1. The molecule has 9 rings (SSSR count). The summed E-state index contributed by atoms with van der Waals surface area (Å²) >= 11 is 0. The van der Waals surface area contributed by atoms with Crippen LogP contribution in [0.15, 0.2) is 146 Å². The summed E-state index contributed by atoms with van der Waals surface area (Å²) in [6.45, 7) is 0. The quantitative estimate of drug-likeness (QED) is 0.216. The fraction of sp³-hybridized carbons (Fsp3) is 0. The Bertz CT molecular complexity index is 2490. The Kier molecular flexibility index (Phi) is 5.26. The van der Waals surface area contributed by atoms with Crippen molar-refractivity contribution in [3.8, 4) is 56.6 Å². The first kappa shape index (κ1) is 24.5. The third-order valence-electron chi connectivity index (χ3n) is 8.79. The molecule has 0 spiro atoms. The van der Waals surface area contributed by atoms with E-state index in [9.17, 15) is 5.26 Å². The molecule has 0 saturated heterocycles. The van der Waals surface area contributed by atoms with Gasteiger partial charge in [0.05, 0.1) is 22.7 Å². The maximum Gasteiger partial charge on any atom is 0.135 e. The monoisotopic (exact) mass is 560 g/mol. The molecule has 8 aromatic rings. The molecule has 3 heteroatoms. The molecule has 0 unspecified atom stereocenters. The largest absolute Gasteiger partial charge is 0.456 e. The standard InChI is InChI=1S/C41H24N2O/c42-25-26-7-3-10-28(21-26)29-11-4-12-32(22-29)43-37-15-2-1-13-33(37)35-23-30(17-19-38(35)43)31-18-20-39-36(24-31)34-14-5-8-27-9-6-16-40(44-39)41(27)34/h1-24H. The third-order valence-corrected chi connectivity index (χ3v) is 8.79. The fourth-order valence-electron chi connectivity index (χ4n) is 6.77. The lowest BCUT2D eigenvalue weighted by Crippen LogP contribution is -1.97. The summed E-state index contributed by atoms with van der Waals surface area (Å²) in [5.74, 6) is 1.80. The summed E-state index contributed by atoms with van der Waals surface area (Å²) in [7, 11) is 0. The molecule has 0 radical (unpaired) electrons. The van der Waals surface area contributed by atoms with Crippen LogP contribution in [0.25, 0.3) is 71.6 Å². The zero-order valence-electron chi connectivity index (χ0n) is 23.7. The number of nitriles is 1. The van der Waals surface area contributed by atoms with Crippen LogP contribution in [0.2, 0.25) is 0 Å². The van der Waals surface area contributed by atoms with Gasteiger partial charge in [-0.25, -0.2) is 0 Å². The van der Waals surface area contributed by atoms with Gasteiger partial charge in [0.25, 0.3) is 0 Å². The summed E-state index contributed by atoms with van der Waals surface area (Å²) in [6.07, 6.45) is 0. The van der Waals surface area contributed by atoms with Gasteiger partial charge < -0.3 is 9.30 Å².